The molecule has 1 nitrogen and oxygen atoms in total. The van der Waals surface area contributed by atoms with E-state index in [4.69, 9.17) is 11.6 Å². The zero-order valence-electron chi connectivity index (χ0n) is 6.76. The van der Waals surface area contributed by atoms with Crippen LogP contribution in [-0.4, -0.2) is 5.11 Å². The third kappa shape index (κ3) is 1.80. The first-order valence-electron chi connectivity index (χ1n) is 3.76. The van der Waals surface area contributed by atoms with E-state index in [0.717, 1.165) is 11.1 Å². The molecule has 0 atom stereocenters. The van der Waals surface area contributed by atoms with Crippen LogP contribution in [0.2, 0.25) is 0 Å². The summed E-state index contributed by atoms with van der Waals surface area (Å²) in [5.41, 5.74) is 1.65. The standard InChI is InChI=1S/C10H11ClO/c1-2-4-8-5-3-6-9(7-11)10(8)12/h2-3,5-6,12H,1,4,7H2. The van der Waals surface area contributed by atoms with E-state index in [0.29, 0.717) is 18.1 Å². The van der Waals surface area contributed by atoms with Crippen LogP contribution in [0.4, 0.5) is 0 Å². The Morgan fingerprint density at radius 1 is 1.42 bits per heavy atom. The molecule has 0 fully saturated rings. The third-order valence-electron chi connectivity index (χ3n) is 1.71. The number of hydrogen-bond donors (Lipinski definition) is 1. The van der Waals surface area contributed by atoms with E-state index in [-0.39, 0.29) is 0 Å². The molecule has 0 spiro atoms. The maximum absolute atomic E-state index is 9.59. The third-order valence-corrected chi connectivity index (χ3v) is 2.00. The van der Waals surface area contributed by atoms with Gasteiger partial charge >= 0.3 is 0 Å². The maximum Gasteiger partial charge on any atom is 0.123 e. The van der Waals surface area contributed by atoms with Gasteiger partial charge in [0.25, 0.3) is 0 Å². The van der Waals surface area contributed by atoms with Gasteiger partial charge in [-0.25, -0.2) is 0 Å². The van der Waals surface area contributed by atoms with Gasteiger partial charge in [0.1, 0.15) is 5.75 Å². The lowest BCUT2D eigenvalue weighted by Gasteiger charge is -2.04. The van der Waals surface area contributed by atoms with E-state index in [1.54, 1.807) is 6.08 Å². The van der Waals surface area contributed by atoms with Crippen molar-refractivity contribution in [2.45, 2.75) is 12.3 Å². The van der Waals surface area contributed by atoms with Crippen molar-refractivity contribution in [1.29, 1.82) is 0 Å². The number of benzene rings is 1. The molecule has 0 aliphatic carbocycles. The minimum atomic E-state index is 0.299. The number of aromatic hydroxyl groups is 1. The van der Waals surface area contributed by atoms with E-state index in [1.165, 1.54) is 0 Å². The van der Waals surface area contributed by atoms with Crippen LogP contribution >= 0.6 is 11.6 Å². The van der Waals surface area contributed by atoms with Crippen LogP contribution < -0.4 is 0 Å². The number of para-hydroxylation sites is 1. The molecular weight excluding hydrogens is 172 g/mol. The Bertz CT molecular complexity index is 281. The molecule has 1 rings (SSSR count). The van der Waals surface area contributed by atoms with Gasteiger partial charge in [-0.1, -0.05) is 24.3 Å². The number of phenols is 1. The van der Waals surface area contributed by atoms with Crippen LogP contribution in [0.5, 0.6) is 5.75 Å². The predicted octanol–water partition coefficient (Wildman–Crippen LogP) is 2.86. The number of alkyl halides is 1. The Balaban J connectivity index is 3.04. The quantitative estimate of drug-likeness (QED) is 0.563. The zero-order valence-corrected chi connectivity index (χ0v) is 7.51. The number of rotatable bonds is 3. The summed E-state index contributed by atoms with van der Waals surface area (Å²) in [5, 5.41) is 9.59. The van der Waals surface area contributed by atoms with Crippen LogP contribution in [0.15, 0.2) is 30.9 Å². The minimum Gasteiger partial charge on any atom is -0.507 e. The van der Waals surface area contributed by atoms with E-state index in [1.807, 2.05) is 18.2 Å². The molecule has 0 amide bonds. The summed E-state index contributed by atoms with van der Waals surface area (Å²) >= 11 is 5.62. The first kappa shape index (κ1) is 9.14. The lowest BCUT2D eigenvalue weighted by Crippen LogP contribution is -1.86. The Morgan fingerprint density at radius 2 is 2.08 bits per heavy atom. The van der Waals surface area contributed by atoms with Crippen LogP contribution in [0.25, 0.3) is 0 Å². The van der Waals surface area contributed by atoms with Crippen molar-refractivity contribution in [3.63, 3.8) is 0 Å². The van der Waals surface area contributed by atoms with Gasteiger partial charge in [-0.05, 0) is 12.0 Å². The van der Waals surface area contributed by atoms with Crippen molar-refractivity contribution < 1.29 is 5.11 Å². The topological polar surface area (TPSA) is 20.2 Å². The molecule has 0 aromatic heterocycles. The smallest absolute Gasteiger partial charge is 0.123 e. The number of phenolic OH excluding ortho intramolecular Hbond substituents is 1. The average Bonchev–Trinajstić information content (AvgIpc) is 2.09. The van der Waals surface area contributed by atoms with Crippen molar-refractivity contribution >= 4 is 11.6 Å². The van der Waals surface area contributed by atoms with Gasteiger partial charge in [0.2, 0.25) is 0 Å². The highest BCUT2D eigenvalue weighted by molar-refractivity contribution is 6.17. The van der Waals surface area contributed by atoms with Gasteiger partial charge in [-0.2, -0.15) is 0 Å². The molecule has 12 heavy (non-hydrogen) atoms. The van der Waals surface area contributed by atoms with Gasteiger partial charge in [0.15, 0.2) is 0 Å². The molecule has 1 aromatic rings. The Kier molecular flexibility index (Phi) is 3.18. The molecule has 0 aliphatic rings. The van der Waals surface area contributed by atoms with Crippen molar-refractivity contribution in [1.82, 2.24) is 0 Å². The summed E-state index contributed by atoms with van der Waals surface area (Å²) in [6.07, 6.45) is 2.43. The second-order valence-electron chi connectivity index (χ2n) is 2.55. The molecule has 0 radical (unpaired) electrons. The van der Waals surface area contributed by atoms with E-state index < -0.39 is 0 Å². The molecule has 0 heterocycles. The fourth-order valence-corrected chi connectivity index (χ4v) is 1.29. The summed E-state index contributed by atoms with van der Waals surface area (Å²) < 4.78 is 0. The van der Waals surface area contributed by atoms with Gasteiger partial charge in [-0.3, -0.25) is 0 Å². The number of halogens is 1. The number of allylic oxidation sites excluding steroid dienone is 1. The highest BCUT2D eigenvalue weighted by atomic mass is 35.5. The molecular formula is C10H11ClO. The van der Waals surface area contributed by atoms with Crippen molar-refractivity contribution in [3.05, 3.63) is 42.0 Å². The lowest BCUT2D eigenvalue weighted by molar-refractivity contribution is 0.465. The SMILES string of the molecule is C=CCc1cccc(CCl)c1O. The van der Waals surface area contributed by atoms with Gasteiger partial charge in [-0.15, -0.1) is 18.2 Å². The van der Waals surface area contributed by atoms with E-state index in [2.05, 4.69) is 6.58 Å². The maximum atomic E-state index is 9.59. The second-order valence-corrected chi connectivity index (χ2v) is 2.82. The largest absolute Gasteiger partial charge is 0.507 e. The summed E-state index contributed by atoms with van der Waals surface area (Å²) in [7, 11) is 0. The average molecular weight is 183 g/mol. The first-order chi connectivity index (χ1) is 5.79. The fraction of sp³-hybridized carbons (Fsp3) is 0.200. The van der Waals surface area contributed by atoms with E-state index >= 15 is 0 Å². The summed E-state index contributed by atoms with van der Waals surface area (Å²) in [4.78, 5) is 0. The van der Waals surface area contributed by atoms with Crippen LogP contribution in [0, 0.1) is 0 Å². The van der Waals surface area contributed by atoms with Crippen molar-refractivity contribution in [2.75, 3.05) is 0 Å². The van der Waals surface area contributed by atoms with Crippen molar-refractivity contribution in [3.8, 4) is 5.75 Å². The lowest BCUT2D eigenvalue weighted by atomic mass is 10.1. The second kappa shape index (κ2) is 4.17. The summed E-state index contributed by atoms with van der Waals surface area (Å²) in [5.74, 6) is 0.643. The molecule has 1 N–H and O–H groups in total. The highest BCUT2D eigenvalue weighted by Crippen LogP contribution is 2.24. The van der Waals surface area contributed by atoms with Crippen LogP contribution in [-0.2, 0) is 12.3 Å². The summed E-state index contributed by atoms with van der Waals surface area (Å²) in [6.45, 7) is 3.61. The van der Waals surface area contributed by atoms with Crippen LogP contribution in [0.1, 0.15) is 11.1 Å². The van der Waals surface area contributed by atoms with E-state index in [9.17, 15) is 5.11 Å². The molecule has 0 unspecified atom stereocenters. The molecule has 0 aliphatic heterocycles. The Morgan fingerprint density at radius 3 is 2.67 bits per heavy atom. The zero-order chi connectivity index (χ0) is 8.97. The van der Waals surface area contributed by atoms with Crippen LogP contribution in [0.3, 0.4) is 0 Å². The van der Waals surface area contributed by atoms with Gasteiger partial charge in [0.05, 0.1) is 5.88 Å². The first-order valence-corrected chi connectivity index (χ1v) is 4.29. The fourth-order valence-electron chi connectivity index (χ4n) is 1.07. The molecule has 0 saturated carbocycles. The van der Waals surface area contributed by atoms with Crippen molar-refractivity contribution in [2.24, 2.45) is 0 Å². The Hall–Kier alpha value is -0.950. The molecule has 0 bridgehead atoms. The number of hydrogen-bond acceptors (Lipinski definition) is 1. The Labute approximate surface area is 77.3 Å². The molecule has 1 aromatic carbocycles. The highest BCUT2D eigenvalue weighted by Gasteiger charge is 2.03. The molecule has 64 valence electrons. The van der Waals surface area contributed by atoms with Gasteiger partial charge in [0, 0.05) is 5.56 Å². The predicted molar refractivity (Wildman–Crippen MR) is 51.6 cm³/mol. The monoisotopic (exact) mass is 182 g/mol. The molecule has 2 heteroatoms. The van der Waals surface area contributed by atoms with Gasteiger partial charge < -0.3 is 5.11 Å². The minimum absolute atomic E-state index is 0.299. The molecule has 0 saturated heterocycles. The normalized spacial score (nSPS) is 9.75. The summed E-state index contributed by atoms with van der Waals surface area (Å²) in [6, 6.07) is 5.57.